The average molecular weight is 1440 g/mol. The molecule has 5 unspecified atom stereocenters. The van der Waals surface area contributed by atoms with E-state index in [-0.39, 0.29) is 25.7 Å². The number of hydrogen-bond acceptors (Lipinski definition) is 15. The van der Waals surface area contributed by atoms with Gasteiger partial charge in [-0.3, -0.25) is 37.3 Å². The number of carbonyl (C=O) groups is 4. The number of phosphoric ester groups is 2. The van der Waals surface area contributed by atoms with Crippen LogP contribution in [0.3, 0.4) is 0 Å². The van der Waals surface area contributed by atoms with E-state index >= 15 is 0 Å². The first kappa shape index (κ1) is 94.9. The fourth-order valence-corrected chi connectivity index (χ4v) is 11.2. The molecule has 0 saturated heterocycles. The summed E-state index contributed by atoms with van der Waals surface area (Å²) >= 11 is 0. The maximum atomic E-state index is 13.1. The second kappa shape index (κ2) is 72.3. The second-order valence-corrected chi connectivity index (χ2v) is 27.8. The average Bonchev–Trinajstić information content (AvgIpc) is 0.985. The van der Waals surface area contributed by atoms with Gasteiger partial charge >= 0.3 is 39.5 Å². The Morgan fingerprint density at radius 2 is 0.580 bits per heavy atom. The minimum Gasteiger partial charge on any atom is -0.462 e. The smallest absolute Gasteiger partial charge is 0.462 e. The molecule has 0 spiro atoms. The van der Waals surface area contributed by atoms with E-state index in [1.807, 2.05) is 36.5 Å². The van der Waals surface area contributed by atoms with Crippen LogP contribution in [-0.2, 0) is 65.4 Å². The molecule has 19 heteroatoms. The molecule has 5 atom stereocenters. The first-order chi connectivity index (χ1) is 48.7. The van der Waals surface area contributed by atoms with Crippen molar-refractivity contribution in [2.75, 3.05) is 39.6 Å². The summed E-state index contributed by atoms with van der Waals surface area (Å²) in [7, 11) is -10.00. The molecular weight excluding hydrogens is 1310 g/mol. The maximum Gasteiger partial charge on any atom is 0.472 e. The molecule has 570 valence electrons. The van der Waals surface area contributed by atoms with E-state index in [2.05, 4.69) is 131 Å². The molecule has 100 heavy (non-hydrogen) atoms. The number of hydrogen-bond donors (Lipinski definition) is 3. The number of unbranched alkanes of at least 4 members (excludes halogenated alkanes) is 21. The van der Waals surface area contributed by atoms with E-state index in [4.69, 9.17) is 37.0 Å². The lowest BCUT2D eigenvalue weighted by molar-refractivity contribution is -0.161. The SMILES string of the molecule is CC/C=C\C/C=C\C/C=C\C/C=C\C/C=C\C/C=C\CCC(=O)OCC(COP(=O)(O)OCC(O)COP(=O)(O)OCC(COC(=O)C/C=C\C/C=C\C/C=C\C/C=C\C/C=C\CC)OC(=O)CCCCCCCCCCCCC)OC(=O)CCCCCCC/C=C\CCCCCCCC. The monoisotopic (exact) mass is 1440 g/mol. The van der Waals surface area contributed by atoms with Crippen molar-refractivity contribution in [1.82, 2.24) is 0 Å². The van der Waals surface area contributed by atoms with E-state index in [1.165, 1.54) is 77.0 Å². The van der Waals surface area contributed by atoms with E-state index < -0.39 is 97.5 Å². The van der Waals surface area contributed by atoms with Gasteiger partial charge in [0, 0.05) is 19.3 Å². The molecule has 0 aromatic rings. The van der Waals surface area contributed by atoms with Gasteiger partial charge in [0.2, 0.25) is 0 Å². The fraction of sp³-hybridized carbons (Fsp3) is 0.654. The maximum absolute atomic E-state index is 13.1. The number of aliphatic hydroxyl groups is 1. The molecule has 0 aliphatic rings. The van der Waals surface area contributed by atoms with Gasteiger partial charge in [0.25, 0.3) is 0 Å². The van der Waals surface area contributed by atoms with Crippen LogP contribution in [0.15, 0.2) is 146 Å². The van der Waals surface area contributed by atoms with Crippen molar-refractivity contribution < 1.29 is 80.2 Å². The van der Waals surface area contributed by atoms with Crippen molar-refractivity contribution in [2.24, 2.45) is 0 Å². The molecule has 0 rings (SSSR count). The van der Waals surface area contributed by atoms with Gasteiger partial charge in [0.1, 0.15) is 19.3 Å². The Labute approximate surface area is 605 Å². The number of ether oxygens (including phenoxy) is 4. The highest BCUT2D eigenvalue weighted by molar-refractivity contribution is 7.47. The van der Waals surface area contributed by atoms with Gasteiger partial charge in [-0.05, 0) is 116 Å². The van der Waals surface area contributed by atoms with Crippen molar-refractivity contribution in [3.05, 3.63) is 146 Å². The third kappa shape index (κ3) is 71.3. The highest BCUT2D eigenvalue weighted by Crippen LogP contribution is 2.45. The minimum atomic E-state index is -5.00. The molecule has 0 aromatic carbocycles. The van der Waals surface area contributed by atoms with Crippen molar-refractivity contribution in [2.45, 2.75) is 303 Å². The van der Waals surface area contributed by atoms with Gasteiger partial charge in [-0.2, -0.15) is 0 Å². The predicted octanol–water partition coefficient (Wildman–Crippen LogP) is 21.9. The Balaban J connectivity index is 5.47. The second-order valence-electron chi connectivity index (χ2n) is 24.8. The molecule has 17 nitrogen and oxygen atoms in total. The Hall–Kier alpha value is -5.06. The summed E-state index contributed by atoms with van der Waals surface area (Å²) in [6.45, 7) is 4.41. The van der Waals surface area contributed by atoms with Crippen molar-refractivity contribution in [3.63, 3.8) is 0 Å². The normalized spacial score (nSPS) is 14.8. The Morgan fingerprint density at radius 1 is 0.300 bits per heavy atom. The summed E-state index contributed by atoms with van der Waals surface area (Å²) in [6, 6.07) is 0. The Kier molecular flexibility index (Phi) is 68.6. The van der Waals surface area contributed by atoms with Crippen LogP contribution < -0.4 is 0 Å². The van der Waals surface area contributed by atoms with Crippen LogP contribution >= 0.6 is 15.6 Å². The van der Waals surface area contributed by atoms with Crippen LogP contribution in [0.1, 0.15) is 285 Å². The van der Waals surface area contributed by atoms with Gasteiger partial charge in [-0.1, -0.05) is 289 Å². The first-order valence-electron chi connectivity index (χ1n) is 38.1. The topological polar surface area (TPSA) is 237 Å². The third-order valence-corrected chi connectivity index (χ3v) is 17.2. The summed E-state index contributed by atoms with van der Waals surface area (Å²) < 4.78 is 68.2. The Bertz CT molecular complexity index is 2470. The van der Waals surface area contributed by atoms with E-state index in [1.54, 1.807) is 6.08 Å². The zero-order chi connectivity index (χ0) is 73.2. The summed E-state index contributed by atoms with van der Waals surface area (Å²) in [6.07, 6.45) is 81.8. The lowest BCUT2D eigenvalue weighted by Crippen LogP contribution is -2.30. The highest BCUT2D eigenvalue weighted by atomic mass is 31.2. The number of carbonyl (C=O) groups excluding carboxylic acids is 4. The van der Waals surface area contributed by atoms with Gasteiger partial charge in [-0.25, -0.2) is 9.13 Å². The zero-order valence-electron chi connectivity index (χ0n) is 62.1. The van der Waals surface area contributed by atoms with Crippen LogP contribution in [0.4, 0.5) is 0 Å². The van der Waals surface area contributed by atoms with Gasteiger partial charge in [0.05, 0.1) is 32.8 Å². The largest absolute Gasteiger partial charge is 0.472 e. The lowest BCUT2D eigenvalue weighted by Gasteiger charge is -2.21. The standard InChI is InChI=1S/C81H134O17P2/c1-5-9-13-17-21-25-29-32-35-36-37-38-41-43-47-50-54-58-62-66-79(84)92-72-77(98-81(86)68-64-60-56-52-48-44-40-34-31-27-23-19-15-11-7-3)74-96-100(89,90)94-70-75(82)69-93-99(87,88)95-73-76(97-80(85)67-63-59-55-51-45-28-24-20-16-12-8-4)71-91-78(83)65-61-57-53-49-46-42-39-33-30-26-22-18-14-10-6-2/h9-10,13-14,21-22,25-26,32-35,37-40,43,46-47,49,54,57-58,61,75-77,82H,5-8,11-12,15-20,23-24,27-31,36,41-42,44-45,48,50-53,55-56,59-60,62-74H2,1-4H3,(H,87,88)(H,89,90)/b13-9-,14-10-,25-21-,26-22-,35-32-,38-37-,39-33-,40-34-,47-43-,49-46-,58-54-,61-57-. The Morgan fingerprint density at radius 3 is 0.930 bits per heavy atom. The number of phosphoric acid groups is 2. The zero-order valence-corrected chi connectivity index (χ0v) is 63.9. The van der Waals surface area contributed by atoms with E-state index in [9.17, 15) is 43.2 Å². The molecule has 0 fully saturated rings. The summed E-state index contributed by atoms with van der Waals surface area (Å²) in [5, 5.41) is 10.6. The van der Waals surface area contributed by atoms with Crippen LogP contribution in [0.25, 0.3) is 0 Å². The van der Waals surface area contributed by atoms with Gasteiger partial charge in [0.15, 0.2) is 12.2 Å². The molecule has 0 bridgehead atoms. The number of esters is 4. The molecular formula is C81H134O17P2. The molecule has 0 amide bonds. The summed E-state index contributed by atoms with van der Waals surface area (Å²) in [4.78, 5) is 72.7. The summed E-state index contributed by atoms with van der Waals surface area (Å²) in [5.41, 5.74) is 0. The van der Waals surface area contributed by atoms with Gasteiger partial charge in [-0.15, -0.1) is 0 Å². The molecule has 0 saturated carbocycles. The quantitative estimate of drug-likeness (QED) is 0.0169. The molecule has 0 heterocycles. The predicted molar refractivity (Wildman–Crippen MR) is 408 cm³/mol. The minimum absolute atomic E-state index is 0.0297. The number of allylic oxidation sites excluding steroid dienone is 23. The van der Waals surface area contributed by atoms with Crippen molar-refractivity contribution in [3.8, 4) is 0 Å². The fourth-order valence-electron chi connectivity index (χ4n) is 9.61. The molecule has 0 aliphatic carbocycles. The lowest BCUT2D eigenvalue weighted by atomic mass is 10.1. The van der Waals surface area contributed by atoms with Crippen LogP contribution in [0.2, 0.25) is 0 Å². The first-order valence-corrected chi connectivity index (χ1v) is 41.1. The molecule has 0 aromatic heterocycles. The molecule has 3 N–H and O–H groups in total. The summed E-state index contributed by atoms with van der Waals surface area (Å²) in [5.74, 6) is -2.43. The number of rotatable bonds is 70. The highest BCUT2D eigenvalue weighted by Gasteiger charge is 2.30. The third-order valence-electron chi connectivity index (χ3n) is 15.3. The van der Waals surface area contributed by atoms with Gasteiger partial charge < -0.3 is 33.8 Å². The molecule has 0 aliphatic heterocycles. The molecule has 0 radical (unpaired) electrons. The number of aliphatic hydroxyl groups excluding tert-OH is 1. The van der Waals surface area contributed by atoms with Crippen LogP contribution in [0.5, 0.6) is 0 Å². The van der Waals surface area contributed by atoms with Crippen LogP contribution in [0, 0.1) is 0 Å². The van der Waals surface area contributed by atoms with Crippen LogP contribution in [-0.4, -0.2) is 96.7 Å². The van der Waals surface area contributed by atoms with Crippen molar-refractivity contribution >= 4 is 39.5 Å². The van der Waals surface area contributed by atoms with E-state index in [0.717, 1.165) is 122 Å². The van der Waals surface area contributed by atoms with Crippen molar-refractivity contribution in [1.29, 1.82) is 0 Å². The van der Waals surface area contributed by atoms with E-state index in [0.29, 0.717) is 32.1 Å².